The number of halogens is 1. The fraction of sp³-hybridized carbons (Fsp3) is 0.310. The van der Waals surface area contributed by atoms with E-state index in [4.69, 9.17) is 4.74 Å². The topological polar surface area (TPSA) is 96.0 Å². The molecule has 0 aliphatic carbocycles. The zero-order chi connectivity index (χ0) is 28.4. The highest BCUT2D eigenvalue weighted by atomic mass is 79.9. The lowest BCUT2D eigenvalue weighted by Gasteiger charge is -2.33. The minimum absolute atomic E-state index is 0.0883. The van der Waals surface area contributed by atoms with Crippen molar-refractivity contribution in [2.75, 3.05) is 30.8 Å². The van der Waals surface area contributed by atoms with Crippen LogP contribution in [-0.4, -0.2) is 57.6 Å². The van der Waals surface area contributed by atoms with E-state index < -0.39 is 28.5 Å². The molecule has 10 heteroatoms. The Bertz CT molecular complexity index is 1350. The lowest BCUT2D eigenvalue weighted by Crippen LogP contribution is -2.53. The second kappa shape index (κ2) is 14.1. The molecule has 3 aromatic rings. The van der Waals surface area contributed by atoms with Crippen LogP contribution in [-0.2, 0) is 32.6 Å². The van der Waals surface area contributed by atoms with E-state index in [0.29, 0.717) is 18.0 Å². The standard InChI is InChI=1S/C29H34BrN3O5S/c1-4-17-31-29(35)27(19-22-9-6-5-7-10-22)32(20-23-11-8-12-26(18-23)38-2)28(34)21-33(39(3,36)37)25-15-13-24(30)14-16-25/h5-16,18,27H,4,17,19-21H2,1-3H3,(H,31,35)/t27-/m0/s1. The summed E-state index contributed by atoms with van der Waals surface area (Å²) >= 11 is 3.36. The van der Waals surface area contributed by atoms with Gasteiger partial charge in [-0.1, -0.05) is 65.3 Å². The molecule has 2 amide bonds. The number of rotatable bonds is 13. The Morgan fingerprint density at radius 3 is 2.26 bits per heavy atom. The fourth-order valence-electron chi connectivity index (χ4n) is 4.11. The number of carbonyl (C=O) groups excluding carboxylic acids is 2. The molecule has 0 aliphatic heterocycles. The third-order valence-electron chi connectivity index (χ3n) is 6.10. The molecule has 208 valence electrons. The summed E-state index contributed by atoms with van der Waals surface area (Å²) in [5.41, 5.74) is 1.98. The van der Waals surface area contributed by atoms with Crippen molar-refractivity contribution in [3.05, 3.63) is 94.5 Å². The van der Waals surface area contributed by atoms with Crippen LogP contribution in [0.3, 0.4) is 0 Å². The molecule has 1 atom stereocenters. The van der Waals surface area contributed by atoms with Crippen molar-refractivity contribution in [2.24, 2.45) is 0 Å². The van der Waals surface area contributed by atoms with Gasteiger partial charge in [0, 0.05) is 24.0 Å². The summed E-state index contributed by atoms with van der Waals surface area (Å²) in [6.45, 7) is 2.04. The summed E-state index contributed by atoms with van der Waals surface area (Å²) in [5.74, 6) is -0.187. The van der Waals surface area contributed by atoms with Crippen LogP contribution in [0.15, 0.2) is 83.3 Å². The first-order valence-electron chi connectivity index (χ1n) is 12.6. The second-order valence-corrected chi connectivity index (χ2v) is 11.9. The average molecular weight is 617 g/mol. The average Bonchev–Trinajstić information content (AvgIpc) is 2.92. The quantitative estimate of drug-likeness (QED) is 0.308. The molecule has 3 aromatic carbocycles. The van der Waals surface area contributed by atoms with E-state index in [1.54, 1.807) is 43.5 Å². The molecule has 1 N–H and O–H groups in total. The number of benzene rings is 3. The molecule has 0 spiro atoms. The van der Waals surface area contributed by atoms with Gasteiger partial charge >= 0.3 is 0 Å². The predicted molar refractivity (Wildman–Crippen MR) is 157 cm³/mol. The van der Waals surface area contributed by atoms with E-state index in [1.165, 1.54) is 4.90 Å². The molecule has 0 bridgehead atoms. The van der Waals surface area contributed by atoms with Crippen molar-refractivity contribution < 1.29 is 22.7 Å². The number of hydrogen-bond donors (Lipinski definition) is 1. The number of carbonyl (C=O) groups is 2. The van der Waals surface area contributed by atoms with E-state index in [1.807, 2.05) is 49.4 Å². The van der Waals surface area contributed by atoms with Gasteiger partial charge in [0.15, 0.2) is 0 Å². The van der Waals surface area contributed by atoms with Crippen LogP contribution in [0.5, 0.6) is 5.75 Å². The smallest absolute Gasteiger partial charge is 0.244 e. The van der Waals surface area contributed by atoms with E-state index in [9.17, 15) is 18.0 Å². The minimum atomic E-state index is -3.81. The van der Waals surface area contributed by atoms with Gasteiger partial charge in [0.05, 0.1) is 19.1 Å². The number of methoxy groups -OCH3 is 1. The SMILES string of the molecule is CCCNC(=O)[C@H](Cc1ccccc1)N(Cc1cccc(OC)c1)C(=O)CN(c1ccc(Br)cc1)S(C)(=O)=O. The number of sulfonamides is 1. The van der Waals surface area contributed by atoms with E-state index in [2.05, 4.69) is 21.2 Å². The van der Waals surface area contributed by atoms with Crippen LogP contribution in [0.2, 0.25) is 0 Å². The zero-order valence-electron chi connectivity index (χ0n) is 22.3. The van der Waals surface area contributed by atoms with Crippen molar-refractivity contribution in [1.82, 2.24) is 10.2 Å². The highest BCUT2D eigenvalue weighted by molar-refractivity contribution is 9.10. The van der Waals surface area contributed by atoms with Crippen molar-refractivity contribution in [3.63, 3.8) is 0 Å². The van der Waals surface area contributed by atoms with Gasteiger partial charge < -0.3 is 15.0 Å². The van der Waals surface area contributed by atoms with Crippen molar-refractivity contribution in [3.8, 4) is 5.75 Å². The van der Waals surface area contributed by atoms with Crippen LogP contribution >= 0.6 is 15.9 Å². The number of nitrogens with one attached hydrogen (secondary N) is 1. The number of anilines is 1. The Kier molecular flexibility index (Phi) is 10.9. The third-order valence-corrected chi connectivity index (χ3v) is 7.77. The van der Waals surface area contributed by atoms with E-state index >= 15 is 0 Å². The molecule has 0 fully saturated rings. The lowest BCUT2D eigenvalue weighted by molar-refractivity contribution is -0.140. The molecule has 0 aromatic heterocycles. The van der Waals surface area contributed by atoms with Gasteiger partial charge in [-0.3, -0.25) is 13.9 Å². The number of amides is 2. The van der Waals surface area contributed by atoms with E-state index in [-0.39, 0.29) is 18.9 Å². The maximum atomic E-state index is 14.0. The largest absolute Gasteiger partial charge is 0.497 e. The Morgan fingerprint density at radius 1 is 0.974 bits per heavy atom. The predicted octanol–water partition coefficient (Wildman–Crippen LogP) is 4.39. The number of nitrogens with zero attached hydrogens (tertiary/aromatic N) is 2. The minimum Gasteiger partial charge on any atom is -0.497 e. The van der Waals surface area contributed by atoms with Crippen LogP contribution < -0.4 is 14.4 Å². The molecular formula is C29H34BrN3O5S. The van der Waals surface area contributed by atoms with Crippen molar-refractivity contribution in [1.29, 1.82) is 0 Å². The van der Waals surface area contributed by atoms with Crippen LogP contribution in [0.4, 0.5) is 5.69 Å². The molecule has 0 unspecified atom stereocenters. The Hall–Kier alpha value is -3.37. The second-order valence-electron chi connectivity index (χ2n) is 9.12. The molecule has 0 radical (unpaired) electrons. The van der Waals surface area contributed by atoms with Gasteiger partial charge in [-0.2, -0.15) is 0 Å². The summed E-state index contributed by atoms with van der Waals surface area (Å²) in [6.07, 6.45) is 2.06. The summed E-state index contributed by atoms with van der Waals surface area (Å²) in [6, 6.07) is 22.5. The third kappa shape index (κ3) is 8.83. The monoisotopic (exact) mass is 615 g/mol. The number of ether oxygens (including phenoxy) is 1. The maximum absolute atomic E-state index is 14.0. The van der Waals surface area contributed by atoms with Gasteiger partial charge in [0.25, 0.3) is 0 Å². The normalized spacial score (nSPS) is 11.9. The Morgan fingerprint density at radius 2 is 1.64 bits per heavy atom. The fourth-order valence-corrected chi connectivity index (χ4v) is 5.22. The molecule has 8 nitrogen and oxygen atoms in total. The molecule has 39 heavy (non-hydrogen) atoms. The van der Waals surface area contributed by atoms with Crippen molar-refractivity contribution >= 4 is 43.5 Å². The first kappa shape index (κ1) is 30.2. The molecule has 0 aliphatic rings. The molecular weight excluding hydrogens is 582 g/mol. The first-order chi connectivity index (χ1) is 18.6. The van der Waals surface area contributed by atoms with Gasteiger partial charge in [-0.05, 0) is 53.9 Å². The summed E-state index contributed by atoms with van der Waals surface area (Å²) < 4.78 is 32.8. The van der Waals surface area contributed by atoms with Gasteiger partial charge in [0.2, 0.25) is 21.8 Å². The van der Waals surface area contributed by atoms with E-state index in [0.717, 1.165) is 32.6 Å². The number of hydrogen-bond acceptors (Lipinski definition) is 5. The summed E-state index contributed by atoms with van der Waals surface area (Å²) in [4.78, 5) is 29.0. The zero-order valence-corrected chi connectivity index (χ0v) is 24.7. The lowest BCUT2D eigenvalue weighted by atomic mass is 10.0. The Labute approximate surface area is 239 Å². The highest BCUT2D eigenvalue weighted by Crippen LogP contribution is 2.23. The van der Waals surface area contributed by atoms with Crippen LogP contribution in [0.1, 0.15) is 24.5 Å². The highest BCUT2D eigenvalue weighted by Gasteiger charge is 2.33. The summed E-state index contributed by atoms with van der Waals surface area (Å²) in [5, 5.41) is 2.92. The molecule has 3 rings (SSSR count). The van der Waals surface area contributed by atoms with Gasteiger partial charge in [0.1, 0.15) is 18.3 Å². The van der Waals surface area contributed by atoms with Gasteiger partial charge in [-0.15, -0.1) is 0 Å². The first-order valence-corrected chi connectivity index (χ1v) is 15.2. The molecule has 0 heterocycles. The molecule has 0 saturated heterocycles. The van der Waals surface area contributed by atoms with Crippen molar-refractivity contribution in [2.45, 2.75) is 32.4 Å². The van der Waals surface area contributed by atoms with Crippen LogP contribution in [0.25, 0.3) is 0 Å². The maximum Gasteiger partial charge on any atom is 0.244 e. The van der Waals surface area contributed by atoms with Crippen LogP contribution in [0, 0.1) is 0 Å². The molecule has 0 saturated carbocycles. The Balaban J connectivity index is 2.04. The van der Waals surface area contributed by atoms with Gasteiger partial charge in [-0.25, -0.2) is 8.42 Å². The summed E-state index contributed by atoms with van der Waals surface area (Å²) in [7, 11) is -2.26.